The predicted molar refractivity (Wildman–Crippen MR) is 81.8 cm³/mol. The van der Waals surface area contributed by atoms with Gasteiger partial charge in [-0.05, 0) is 6.92 Å². The summed E-state index contributed by atoms with van der Waals surface area (Å²) in [6.45, 7) is 4.83. The number of thiazole rings is 1. The second-order valence-electron chi connectivity index (χ2n) is 4.85. The van der Waals surface area contributed by atoms with Gasteiger partial charge in [-0.25, -0.2) is 4.98 Å². The van der Waals surface area contributed by atoms with Crippen molar-refractivity contribution in [3.8, 4) is 0 Å². The number of carbonyl (C=O) groups excluding carboxylic acids is 1. The minimum atomic E-state index is -0.278. The minimum Gasteiger partial charge on any atom is -0.334 e. The highest BCUT2D eigenvalue weighted by Gasteiger charge is 2.31. The number of aromatic nitrogens is 2. The average molecular weight is 309 g/mol. The highest BCUT2D eigenvalue weighted by atomic mass is 32.2. The topological polar surface area (TPSA) is 54.7 Å². The van der Waals surface area contributed by atoms with E-state index in [9.17, 15) is 9.59 Å². The van der Waals surface area contributed by atoms with Crippen LogP contribution in [0.2, 0.25) is 0 Å². The number of nitrogens with zero attached hydrogens (tertiary/aromatic N) is 3. The van der Waals surface area contributed by atoms with E-state index < -0.39 is 0 Å². The third-order valence-electron chi connectivity index (χ3n) is 3.72. The third-order valence-corrected chi connectivity index (χ3v) is 5.83. The molecular weight excluding hydrogens is 294 g/mol. The Morgan fingerprint density at radius 3 is 3.05 bits per heavy atom. The van der Waals surface area contributed by atoms with E-state index in [-0.39, 0.29) is 23.1 Å². The lowest BCUT2D eigenvalue weighted by Crippen LogP contribution is -2.49. The van der Waals surface area contributed by atoms with Crippen LogP contribution in [-0.4, -0.2) is 43.8 Å². The Morgan fingerprint density at radius 1 is 1.45 bits per heavy atom. The lowest BCUT2D eigenvalue weighted by molar-refractivity contribution is 0.0695. The Balaban J connectivity index is 2.00. The molecule has 0 unspecified atom stereocenters. The second kappa shape index (κ2) is 5.21. The summed E-state index contributed by atoms with van der Waals surface area (Å²) in [5, 5.41) is 2.17. The number of thioether (sulfide) groups is 1. The fourth-order valence-electron chi connectivity index (χ4n) is 2.35. The maximum atomic E-state index is 12.6. The van der Waals surface area contributed by atoms with Crippen LogP contribution in [0.4, 0.5) is 0 Å². The van der Waals surface area contributed by atoms with Gasteiger partial charge < -0.3 is 4.90 Å². The van der Waals surface area contributed by atoms with Gasteiger partial charge in [0.25, 0.3) is 11.5 Å². The van der Waals surface area contributed by atoms with Gasteiger partial charge in [-0.3, -0.25) is 14.0 Å². The first-order valence-corrected chi connectivity index (χ1v) is 8.40. The molecule has 0 saturated carbocycles. The highest BCUT2D eigenvalue weighted by molar-refractivity contribution is 8.00. The van der Waals surface area contributed by atoms with Gasteiger partial charge in [0.05, 0.1) is 0 Å². The van der Waals surface area contributed by atoms with Crippen molar-refractivity contribution < 1.29 is 4.79 Å². The maximum Gasteiger partial charge on any atom is 0.271 e. The van der Waals surface area contributed by atoms with Crippen LogP contribution in [0.5, 0.6) is 0 Å². The number of fused-ring (bicyclic) bond motifs is 1. The zero-order chi connectivity index (χ0) is 14.3. The van der Waals surface area contributed by atoms with Crippen LogP contribution in [0.3, 0.4) is 0 Å². The zero-order valence-electron chi connectivity index (χ0n) is 11.3. The van der Waals surface area contributed by atoms with Crippen LogP contribution in [0.15, 0.2) is 22.6 Å². The fraction of sp³-hybridized carbons (Fsp3) is 0.462. The SMILES string of the molecule is C[C@@H]1SCCN(C(=O)c2cnc3sccn3c2=O)[C@H]1C. The molecule has 2 aromatic rings. The van der Waals surface area contributed by atoms with Crippen molar-refractivity contribution in [2.75, 3.05) is 12.3 Å². The molecule has 0 N–H and O–H groups in total. The lowest BCUT2D eigenvalue weighted by Gasteiger charge is -2.37. The van der Waals surface area contributed by atoms with Gasteiger partial charge in [0.2, 0.25) is 0 Å². The molecule has 0 aliphatic carbocycles. The number of amides is 1. The molecule has 1 aliphatic rings. The van der Waals surface area contributed by atoms with E-state index in [1.54, 1.807) is 16.5 Å². The smallest absolute Gasteiger partial charge is 0.271 e. The van der Waals surface area contributed by atoms with Crippen LogP contribution >= 0.6 is 23.1 Å². The minimum absolute atomic E-state index is 0.129. The molecule has 1 aliphatic heterocycles. The molecule has 0 radical (unpaired) electrons. The molecule has 0 bridgehead atoms. The van der Waals surface area contributed by atoms with E-state index in [0.29, 0.717) is 16.8 Å². The van der Waals surface area contributed by atoms with Crippen LogP contribution < -0.4 is 5.56 Å². The molecule has 3 rings (SSSR count). The van der Waals surface area contributed by atoms with Crippen molar-refractivity contribution in [3.05, 3.63) is 33.7 Å². The molecule has 1 fully saturated rings. The number of hydrogen-bond acceptors (Lipinski definition) is 5. The predicted octanol–water partition coefficient (Wildman–Crippen LogP) is 1.72. The first-order chi connectivity index (χ1) is 9.59. The normalized spacial score (nSPS) is 23.2. The number of carbonyl (C=O) groups is 1. The molecule has 0 aromatic carbocycles. The standard InChI is InChI=1S/C13H15N3O2S2/c1-8-9(2)19-5-3-15(8)11(17)10-7-14-13-16(12(10)18)4-6-20-13/h4,6-9H,3,5H2,1-2H3/t8-,9-/m0/s1. The lowest BCUT2D eigenvalue weighted by atomic mass is 10.1. The Bertz CT molecular complexity index is 709. The summed E-state index contributed by atoms with van der Waals surface area (Å²) in [7, 11) is 0. The maximum absolute atomic E-state index is 12.6. The molecule has 3 heterocycles. The first kappa shape index (κ1) is 13.6. The van der Waals surface area contributed by atoms with E-state index in [1.807, 2.05) is 18.7 Å². The second-order valence-corrected chi connectivity index (χ2v) is 7.21. The van der Waals surface area contributed by atoms with E-state index in [0.717, 1.165) is 5.75 Å². The van der Waals surface area contributed by atoms with Gasteiger partial charge in [-0.2, -0.15) is 11.8 Å². The molecular formula is C13H15N3O2S2. The van der Waals surface area contributed by atoms with Crippen molar-refractivity contribution in [3.63, 3.8) is 0 Å². The van der Waals surface area contributed by atoms with Gasteiger partial charge in [-0.1, -0.05) is 6.92 Å². The number of rotatable bonds is 1. The summed E-state index contributed by atoms with van der Waals surface area (Å²) in [5.41, 5.74) is -0.119. The molecule has 2 atom stereocenters. The molecule has 2 aromatic heterocycles. The summed E-state index contributed by atoms with van der Waals surface area (Å²) in [5.74, 6) is 0.704. The van der Waals surface area contributed by atoms with Gasteiger partial charge in [0.1, 0.15) is 5.56 Å². The van der Waals surface area contributed by atoms with Crippen molar-refractivity contribution in [2.24, 2.45) is 0 Å². The Morgan fingerprint density at radius 2 is 2.25 bits per heavy atom. The van der Waals surface area contributed by atoms with Crippen molar-refractivity contribution in [1.29, 1.82) is 0 Å². The van der Waals surface area contributed by atoms with E-state index in [2.05, 4.69) is 11.9 Å². The third kappa shape index (κ3) is 2.14. The molecule has 5 nitrogen and oxygen atoms in total. The van der Waals surface area contributed by atoms with E-state index in [1.165, 1.54) is 21.9 Å². The quantitative estimate of drug-likeness (QED) is 0.805. The van der Waals surface area contributed by atoms with Crippen LogP contribution in [-0.2, 0) is 0 Å². The molecule has 20 heavy (non-hydrogen) atoms. The Labute approximate surface area is 124 Å². The molecule has 106 valence electrons. The van der Waals surface area contributed by atoms with Gasteiger partial charge in [-0.15, -0.1) is 11.3 Å². The summed E-state index contributed by atoms with van der Waals surface area (Å²) in [6, 6.07) is 0.129. The summed E-state index contributed by atoms with van der Waals surface area (Å²) >= 11 is 3.24. The number of hydrogen-bond donors (Lipinski definition) is 0. The largest absolute Gasteiger partial charge is 0.334 e. The van der Waals surface area contributed by atoms with Crippen LogP contribution in [0.1, 0.15) is 24.2 Å². The fourth-order valence-corrected chi connectivity index (χ4v) is 4.12. The average Bonchev–Trinajstić information content (AvgIpc) is 2.91. The Hall–Kier alpha value is -1.34. The summed E-state index contributed by atoms with van der Waals surface area (Å²) < 4.78 is 1.44. The molecule has 0 spiro atoms. The van der Waals surface area contributed by atoms with Crippen LogP contribution in [0, 0.1) is 0 Å². The Kier molecular flexibility index (Phi) is 3.55. The summed E-state index contributed by atoms with van der Waals surface area (Å²) in [4.78, 5) is 31.5. The van der Waals surface area contributed by atoms with Crippen molar-refractivity contribution in [1.82, 2.24) is 14.3 Å². The van der Waals surface area contributed by atoms with E-state index >= 15 is 0 Å². The van der Waals surface area contributed by atoms with Crippen LogP contribution in [0.25, 0.3) is 4.96 Å². The molecule has 7 heteroatoms. The van der Waals surface area contributed by atoms with Crippen molar-refractivity contribution in [2.45, 2.75) is 25.1 Å². The first-order valence-electron chi connectivity index (χ1n) is 6.47. The van der Waals surface area contributed by atoms with Gasteiger partial charge in [0.15, 0.2) is 4.96 Å². The summed E-state index contributed by atoms with van der Waals surface area (Å²) in [6.07, 6.45) is 3.07. The highest BCUT2D eigenvalue weighted by Crippen LogP contribution is 2.25. The molecule has 1 saturated heterocycles. The van der Waals surface area contributed by atoms with Crippen molar-refractivity contribution >= 4 is 34.0 Å². The van der Waals surface area contributed by atoms with Gasteiger partial charge in [0, 0.05) is 41.4 Å². The monoisotopic (exact) mass is 309 g/mol. The molecule has 1 amide bonds. The van der Waals surface area contributed by atoms with Gasteiger partial charge >= 0.3 is 0 Å². The van der Waals surface area contributed by atoms with E-state index in [4.69, 9.17) is 0 Å². The zero-order valence-corrected chi connectivity index (χ0v) is 12.9.